The summed E-state index contributed by atoms with van der Waals surface area (Å²) in [4.78, 5) is 27.6. The smallest absolute Gasteiger partial charge is 0.307 e. The maximum atomic E-state index is 13.4. The number of nitrogens with zero attached hydrogens (tertiary/aromatic N) is 1. The van der Waals surface area contributed by atoms with Gasteiger partial charge in [0.2, 0.25) is 5.91 Å². The average Bonchev–Trinajstić information content (AvgIpc) is 2.79. The number of ether oxygens (including phenoxy) is 2. The fraction of sp³-hybridized carbons (Fsp3) is 0.417. The number of anilines is 1. The summed E-state index contributed by atoms with van der Waals surface area (Å²) in [5.41, 5.74) is 2.49. The number of aryl methyl sites for hydroxylation is 1. The summed E-state index contributed by atoms with van der Waals surface area (Å²) in [5, 5.41) is 0. The molecule has 0 saturated carbocycles. The molecule has 0 spiro atoms. The predicted molar refractivity (Wildman–Crippen MR) is 113 cm³/mol. The molecular formula is C24H29NO4. The molecular weight excluding hydrogens is 366 g/mol. The lowest BCUT2D eigenvalue weighted by Crippen LogP contribution is -2.36. The Kier molecular flexibility index (Phi) is 6.26. The third kappa shape index (κ3) is 5.37. The SMILES string of the molecule is COc1ccc(CN2C(=O)C(CC(=O)OC(C)(C)C)CCc3ccccc32)cc1. The number of carbonyl (C=O) groups is 2. The number of para-hydroxylation sites is 1. The molecule has 2 aromatic carbocycles. The Morgan fingerprint density at radius 2 is 1.79 bits per heavy atom. The minimum Gasteiger partial charge on any atom is -0.497 e. The van der Waals surface area contributed by atoms with E-state index in [0.717, 1.165) is 29.0 Å². The molecule has 1 heterocycles. The maximum absolute atomic E-state index is 13.4. The van der Waals surface area contributed by atoms with Gasteiger partial charge in [-0.2, -0.15) is 0 Å². The van der Waals surface area contributed by atoms with Crippen LogP contribution in [0.1, 0.15) is 44.7 Å². The van der Waals surface area contributed by atoms with E-state index in [0.29, 0.717) is 13.0 Å². The van der Waals surface area contributed by atoms with Gasteiger partial charge in [-0.15, -0.1) is 0 Å². The molecule has 0 saturated heterocycles. The molecule has 0 fully saturated rings. The van der Waals surface area contributed by atoms with E-state index in [1.165, 1.54) is 0 Å². The standard InChI is InChI=1S/C24H29NO4/c1-24(2,3)29-22(26)15-19-12-11-18-7-5-6-8-21(18)25(23(19)27)16-17-9-13-20(28-4)14-10-17/h5-10,13-14,19H,11-12,15-16H2,1-4H3. The first-order chi connectivity index (χ1) is 13.8. The van der Waals surface area contributed by atoms with E-state index in [4.69, 9.17) is 9.47 Å². The summed E-state index contributed by atoms with van der Waals surface area (Å²) in [6.07, 6.45) is 1.49. The largest absolute Gasteiger partial charge is 0.497 e. The van der Waals surface area contributed by atoms with Crippen molar-refractivity contribution in [2.24, 2.45) is 5.92 Å². The van der Waals surface area contributed by atoms with Crippen LogP contribution in [0.15, 0.2) is 48.5 Å². The topological polar surface area (TPSA) is 55.8 Å². The molecule has 29 heavy (non-hydrogen) atoms. The Morgan fingerprint density at radius 1 is 1.10 bits per heavy atom. The highest BCUT2D eigenvalue weighted by molar-refractivity contribution is 5.98. The third-order valence-corrected chi connectivity index (χ3v) is 4.99. The molecule has 0 aromatic heterocycles. The van der Waals surface area contributed by atoms with Gasteiger partial charge in [-0.1, -0.05) is 30.3 Å². The first-order valence-corrected chi connectivity index (χ1v) is 10.0. The van der Waals surface area contributed by atoms with Crippen LogP contribution in [-0.4, -0.2) is 24.6 Å². The molecule has 0 aliphatic carbocycles. The molecule has 1 aliphatic rings. The van der Waals surface area contributed by atoms with E-state index in [-0.39, 0.29) is 18.3 Å². The van der Waals surface area contributed by atoms with E-state index in [9.17, 15) is 9.59 Å². The molecule has 1 atom stereocenters. The molecule has 154 valence electrons. The van der Waals surface area contributed by atoms with Crippen LogP contribution in [0.5, 0.6) is 5.75 Å². The van der Waals surface area contributed by atoms with Crippen LogP contribution >= 0.6 is 0 Å². The Balaban J connectivity index is 1.85. The highest BCUT2D eigenvalue weighted by Crippen LogP contribution is 2.32. The van der Waals surface area contributed by atoms with Crippen LogP contribution in [0.4, 0.5) is 5.69 Å². The third-order valence-electron chi connectivity index (χ3n) is 4.99. The van der Waals surface area contributed by atoms with Crippen molar-refractivity contribution in [2.45, 2.75) is 52.2 Å². The number of hydrogen-bond acceptors (Lipinski definition) is 4. The van der Waals surface area contributed by atoms with E-state index in [1.54, 1.807) is 12.0 Å². The van der Waals surface area contributed by atoms with E-state index in [2.05, 4.69) is 6.07 Å². The zero-order valence-corrected chi connectivity index (χ0v) is 17.6. The van der Waals surface area contributed by atoms with Crippen LogP contribution < -0.4 is 9.64 Å². The number of benzene rings is 2. The monoisotopic (exact) mass is 395 g/mol. The van der Waals surface area contributed by atoms with Crippen molar-refractivity contribution in [1.29, 1.82) is 0 Å². The van der Waals surface area contributed by atoms with Crippen molar-refractivity contribution >= 4 is 17.6 Å². The molecule has 1 amide bonds. The normalized spacial score (nSPS) is 16.8. The van der Waals surface area contributed by atoms with Gasteiger partial charge in [0.05, 0.1) is 20.1 Å². The van der Waals surface area contributed by atoms with Gasteiger partial charge in [0, 0.05) is 11.6 Å². The highest BCUT2D eigenvalue weighted by Gasteiger charge is 2.33. The second-order valence-corrected chi connectivity index (χ2v) is 8.43. The molecule has 0 N–H and O–H groups in total. The minimum absolute atomic E-state index is 0.0309. The van der Waals surface area contributed by atoms with Crippen LogP contribution in [-0.2, 0) is 27.3 Å². The Bertz CT molecular complexity index is 867. The first kappa shape index (κ1) is 20.9. The van der Waals surface area contributed by atoms with Crippen LogP contribution in [0.3, 0.4) is 0 Å². The quantitative estimate of drug-likeness (QED) is 0.699. The van der Waals surface area contributed by atoms with E-state index in [1.807, 2.05) is 63.2 Å². The summed E-state index contributed by atoms with van der Waals surface area (Å²) in [5.74, 6) is 0.0254. The van der Waals surface area contributed by atoms with Crippen molar-refractivity contribution in [1.82, 2.24) is 0 Å². The Morgan fingerprint density at radius 3 is 2.45 bits per heavy atom. The van der Waals surface area contributed by atoms with Gasteiger partial charge in [0.15, 0.2) is 0 Å². The molecule has 1 aliphatic heterocycles. The van der Waals surface area contributed by atoms with Gasteiger partial charge in [-0.05, 0) is 62.9 Å². The van der Waals surface area contributed by atoms with Crippen LogP contribution in [0, 0.1) is 5.92 Å². The number of esters is 1. The maximum Gasteiger partial charge on any atom is 0.307 e. The molecule has 5 nitrogen and oxygen atoms in total. The van der Waals surface area contributed by atoms with Crippen molar-refractivity contribution in [2.75, 3.05) is 12.0 Å². The second-order valence-electron chi connectivity index (χ2n) is 8.43. The molecule has 1 unspecified atom stereocenters. The first-order valence-electron chi connectivity index (χ1n) is 10.0. The van der Waals surface area contributed by atoms with Crippen molar-refractivity contribution in [3.63, 3.8) is 0 Å². The lowest BCUT2D eigenvalue weighted by molar-refractivity contribution is -0.157. The van der Waals surface area contributed by atoms with Crippen molar-refractivity contribution < 1.29 is 19.1 Å². The summed E-state index contributed by atoms with van der Waals surface area (Å²) >= 11 is 0. The van der Waals surface area contributed by atoms with E-state index < -0.39 is 11.5 Å². The van der Waals surface area contributed by atoms with Crippen LogP contribution in [0.2, 0.25) is 0 Å². The predicted octanol–water partition coefficient (Wildman–Crippen LogP) is 4.52. The fourth-order valence-corrected chi connectivity index (χ4v) is 3.63. The summed E-state index contributed by atoms with van der Waals surface area (Å²) < 4.78 is 10.7. The Hall–Kier alpha value is -2.82. The lowest BCUT2D eigenvalue weighted by Gasteiger charge is -2.27. The molecule has 0 bridgehead atoms. The van der Waals surface area contributed by atoms with Crippen molar-refractivity contribution in [3.8, 4) is 5.75 Å². The minimum atomic E-state index is -0.559. The zero-order chi connectivity index (χ0) is 21.0. The van der Waals surface area contributed by atoms with Gasteiger partial charge in [-0.25, -0.2) is 0 Å². The number of fused-ring (bicyclic) bond motifs is 1. The number of carbonyl (C=O) groups excluding carboxylic acids is 2. The highest BCUT2D eigenvalue weighted by atomic mass is 16.6. The van der Waals surface area contributed by atoms with Gasteiger partial charge >= 0.3 is 5.97 Å². The van der Waals surface area contributed by atoms with E-state index >= 15 is 0 Å². The number of amides is 1. The van der Waals surface area contributed by atoms with Gasteiger partial charge in [0.25, 0.3) is 0 Å². The van der Waals surface area contributed by atoms with Gasteiger partial charge < -0.3 is 14.4 Å². The summed E-state index contributed by atoms with van der Waals surface area (Å²) in [6, 6.07) is 15.7. The molecule has 3 rings (SSSR count). The van der Waals surface area contributed by atoms with Crippen LogP contribution in [0.25, 0.3) is 0 Å². The zero-order valence-electron chi connectivity index (χ0n) is 17.6. The summed E-state index contributed by atoms with van der Waals surface area (Å²) in [7, 11) is 1.63. The average molecular weight is 395 g/mol. The lowest BCUT2D eigenvalue weighted by atomic mass is 9.97. The van der Waals surface area contributed by atoms with Gasteiger partial charge in [0.1, 0.15) is 11.4 Å². The Labute approximate surface area is 172 Å². The number of methoxy groups -OCH3 is 1. The molecule has 5 heteroatoms. The molecule has 0 radical (unpaired) electrons. The second kappa shape index (κ2) is 8.68. The van der Waals surface area contributed by atoms with Crippen molar-refractivity contribution in [3.05, 3.63) is 59.7 Å². The molecule has 2 aromatic rings. The number of hydrogen-bond donors (Lipinski definition) is 0. The number of rotatable bonds is 5. The van der Waals surface area contributed by atoms with Gasteiger partial charge in [-0.3, -0.25) is 9.59 Å². The summed E-state index contributed by atoms with van der Waals surface area (Å²) in [6.45, 7) is 5.97. The fourth-order valence-electron chi connectivity index (χ4n) is 3.63.